The van der Waals surface area contributed by atoms with E-state index in [1.165, 1.54) is 167 Å². The zero-order valence-electron chi connectivity index (χ0n) is 40.9. The lowest BCUT2D eigenvalue weighted by Crippen LogP contribution is -1.97. The van der Waals surface area contributed by atoms with E-state index in [0.717, 1.165) is 82.3 Å². The second-order valence-corrected chi connectivity index (χ2v) is 18.2. The maximum absolute atomic E-state index is 6.02. The lowest BCUT2D eigenvalue weighted by Gasteiger charge is -2.08. The van der Waals surface area contributed by atoms with Gasteiger partial charge in [0.2, 0.25) is 0 Å². The Bertz CT molecular complexity index is 1800. The van der Waals surface area contributed by atoms with Crippen molar-refractivity contribution in [2.45, 2.75) is 207 Å². The zero-order chi connectivity index (χ0) is 45.1. The Balaban J connectivity index is 1.09. The van der Waals surface area contributed by atoms with Gasteiger partial charge in [-0.15, -0.1) is 0 Å². The van der Waals surface area contributed by atoms with Crippen molar-refractivity contribution in [3.05, 3.63) is 106 Å². The molecule has 4 rings (SSSR count). The molecule has 0 atom stereocenters. The van der Waals surface area contributed by atoms with Crippen LogP contribution in [0.3, 0.4) is 0 Å². The number of benzene rings is 2. The van der Waals surface area contributed by atoms with Gasteiger partial charge in [-0.3, -0.25) is 9.97 Å². The van der Waals surface area contributed by atoms with Crippen LogP contribution in [-0.4, -0.2) is 23.2 Å². The van der Waals surface area contributed by atoms with Crippen LogP contribution < -0.4 is 9.47 Å². The topological polar surface area (TPSA) is 44.2 Å². The van der Waals surface area contributed by atoms with Crippen LogP contribution in [0.4, 0.5) is 0 Å². The largest absolute Gasteiger partial charge is 0.494 e. The van der Waals surface area contributed by atoms with Crippen LogP contribution in [0.1, 0.15) is 227 Å². The third-order valence-electron chi connectivity index (χ3n) is 12.3. The van der Waals surface area contributed by atoms with E-state index in [0.29, 0.717) is 0 Å². The summed E-state index contributed by atoms with van der Waals surface area (Å²) in [5, 5.41) is 0. The minimum absolute atomic E-state index is 0.773. The molecule has 0 unspecified atom stereocenters. The standard InChI is InChI=1S/C60H84N2O2/c1-5-7-9-11-13-15-17-19-21-23-25-27-29-31-45-63-57-41-37-53(38-42-57)33-35-55-47-51(3)59(61-49-55)60-52(4)48-56(50-62-60)36-34-54-39-43-58(44-40-54)64-46-32-30-28-26-24-22-20-18-16-14-12-10-8-6-2/h37-44,47-50H,5-32,45-46H2,1-4H3. The summed E-state index contributed by atoms with van der Waals surface area (Å²) in [5.41, 5.74) is 7.50. The number of unbranched alkanes of at least 4 members (excludes halogenated alkanes) is 26. The normalized spacial score (nSPS) is 10.9. The average molecular weight is 865 g/mol. The van der Waals surface area contributed by atoms with Crippen molar-refractivity contribution in [3.63, 3.8) is 0 Å². The first-order chi connectivity index (χ1) is 31.6. The second-order valence-electron chi connectivity index (χ2n) is 18.2. The van der Waals surface area contributed by atoms with E-state index in [-0.39, 0.29) is 0 Å². The summed E-state index contributed by atoms with van der Waals surface area (Å²) < 4.78 is 12.0. The number of aryl methyl sites for hydroxylation is 2. The van der Waals surface area contributed by atoms with E-state index in [4.69, 9.17) is 19.4 Å². The minimum Gasteiger partial charge on any atom is -0.494 e. The highest BCUT2D eigenvalue weighted by atomic mass is 16.5. The Kier molecular flexibility index (Phi) is 27.6. The molecule has 4 nitrogen and oxygen atoms in total. The first-order valence-electron chi connectivity index (χ1n) is 26.0. The Labute approximate surface area is 391 Å². The van der Waals surface area contributed by atoms with Gasteiger partial charge in [0.15, 0.2) is 0 Å². The van der Waals surface area contributed by atoms with Gasteiger partial charge in [0.25, 0.3) is 0 Å². The highest BCUT2D eigenvalue weighted by Gasteiger charge is 2.10. The van der Waals surface area contributed by atoms with Crippen molar-refractivity contribution in [1.29, 1.82) is 0 Å². The average Bonchev–Trinajstić information content (AvgIpc) is 3.31. The van der Waals surface area contributed by atoms with E-state index >= 15 is 0 Å². The fourth-order valence-corrected chi connectivity index (χ4v) is 8.31. The van der Waals surface area contributed by atoms with Crippen LogP contribution in [0.2, 0.25) is 0 Å². The van der Waals surface area contributed by atoms with E-state index in [1.807, 2.05) is 60.9 Å². The van der Waals surface area contributed by atoms with Gasteiger partial charge in [-0.05, 0) is 98.5 Å². The summed E-state index contributed by atoms with van der Waals surface area (Å²) in [6, 6.07) is 20.4. The van der Waals surface area contributed by atoms with Gasteiger partial charge >= 0.3 is 0 Å². The summed E-state index contributed by atoms with van der Waals surface area (Å²) in [5.74, 6) is 15.0. The molecule has 0 spiro atoms. The van der Waals surface area contributed by atoms with Crippen LogP contribution in [0.5, 0.6) is 11.5 Å². The number of ether oxygens (including phenoxy) is 2. The van der Waals surface area contributed by atoms with Gasteiger partial charge in [0, 0.05) is 34.6 Å². The molecule has 0 fully saturated rings. The fraction of sp³-hybridized carbons (Fsp3) is 0.567. The quantitative estimate of drug-likeness (QED) is 0.0353. The van der Waals surface area contributed by atoms with E-state index in [2.05, 4.69) is 63.5 Å². The maximum atomic E-state index is 6.02. The molecule has 4 aromatic rings. The Morgan fingerprint density at radius 2 is 0.609 bits per heavy atom. The van der Waals surface area contributed by atoms with Gasteiger partial charge < -0.3 is 9.47 Å². The lowest BCUT2D eigenvalue weighted by atomic mass is 10.0. The molecule has 2 aromatic carbocycles. The number of hydrogen-bond donors (Lipinski definition) is 0. The second kappa shape index (κ2) is 33.9. The van der Waals surface area contributed by atoms with E-state index in [9.17, 15) is 0 Å². The molecule has 4 heteroatoms. The molecule has 2 heterocycles. The molecule has 0 bridgehead atoms. The van der Waals surface area contributed by atoms with E-state index in [1.54, 1.807) is 0 Å². The molecule has 0 aliphatic heterocycles. The summed E-state index contributed by atoms with van der Waals surface area (Å²) in [7, 11) is 0. The summed E-state index contributed by atoms with van der Waals surface area (Å²) in [6.07, 6.45) is 41.9. The highest BCUT2D eigenvalue weighted by Crippen LogP contribution is 2.24. The minimum atomic E-state index is 0.773. The van der Waals surface area contributed by atoms with Crippen LogP contribution in [0.15, 0.2) is 73.1 Å². The third kappa shape index (κ3) is 22.9. The SMILES string of the molecule is CCCCCCCCCCCCCCCCOc1ccc(C#Cc2cnc(-c3ncc(C#Cc4ccc(OCCCCCCCCCCCCCCCC)cc4)cc3C)c(C)c2)cc1. The molecule has 0 radical (unpaired) electrons. The van der Waals surface area contributed by atoms with Crippen LogP contribution in [0.25, 0.3) is 11.4 Å². The van der Waals surface area contributed by atoms with Crippen molar-refractivity contribution < 1.29 is 9.47 Å². The molecule has 2 aromatic heterocycles. The summed E-state index contributed by atoms with van der Waals surface area (Å²) >= 11 is 0. The monoisotopic (exact) mass is 865 g/mol. The van der Waals surface area contributed by atoms with Gasteiger partial charge in [0.1, 0.15) is 11.5 Å². The fourth-order valence-electron chi connectivity index (χ4n) is 8.31. The molecule has 0 saturated carbocycles. The zero-order valence-corrected chi connectivity index (χ0v) is 40.9. The predicted molar refractivity (Wildman–Crippen MR) is 273 cm³/mol. The predicted octanol–water partition coefficient (Wildman–Crippen LogP) is 17.3. The summed E-state index contributed by atoms with van der Waals surface area (Å²) in [4.78, 5) is 9.57. The molecule has 0 aliphatic rings. The first-order valence-corrected chi connectivity index (χ1v) is 26.0. The Morgan fingerprint density at radius 1 is 0.344 bits per heavy atom. The van der Waals surface area contributed by atoms with Gasteiger partial charge in [-0.1, -0.05) is 204 Å². The smallest absolute Gasteiger partial charge is 0.119 e. The van der Waals surface area contributed by atoms with Crippen LogP contribution in [0, 0.1) is 37.5 Å². The molecule has 0 aliphatic carbocycles. The van der Waals surface area contributed by atoms with Crippen LogP contribution >= 0.6 is 0 Å². The molecule has 0 saturated heterocycles. The third-order valence-corrected chi connectivity index (χ3v) is 12.3. The summed E-state index contributed by atoms with van der Waals surface area (Å²) in [6.45, 7) is 10.3. The van der Waals surface area contributed by atoms with E-state index < -0.39 is 0 Å². The number of pyridine rings is 2. The Morgan fingerprint density at radius 3 is 0.891 bits per heavy atom. The first kappa shape index (κ1) is 52.1. The van der Waals surface area contributed by atoms with Crippen molar-refractivity contribution in [3.8, 4) is 46.6 Å². The van der Waals surface area contributed by atoms with Gasteiger partial charge in [0.05, 0.1) is 24.6 Å². The van der Waals surface area contributed by atoms with Gasteiger partial charge in [-0.2, -0.15) is 0 Å². The van der Waals surface area contributed by atoms with Gasteiger partial charge in [-0.25, -0.2) is 0 Å². The number of nitrogens with zero attached hydrogens (tertiary/aromatic N) is 2. The molecular weight excluding hydrogens is 781 g/mol. The number of hydrogen-bond acceptors (Lipinski definition) is 4. The lowest BCUT2D eigenvalue weighted by molar-refractivity contribution is 0.304. The number of rotatable bonds is 33. The maximum Gasteiger partial charge on any atom is 0.119 e. The molecular formula is C60H84N2O2. The Hall–Kier alpha value is -4.54. The van der Waals surface area contributed by atoms with Crippen LogP contribution in [-0.2, 0) is 0 Å². The van der Waals surface area contributed by atoms with Crippen molar-refractivity contribution in [1.82, 2.24) is 9.97 Å². The van der Waals surface area contributed by atoms with Crippen molar-refractivity contribution in [2.24, 2.45) is 0 Å². The van der Waals surface area contributed by atoms with Crippen molar-refractivity contribution in [2.75, 3.05) is 13.2 Å². The molecule has 64 heavy (non-hydrogen) atoms. The number of aromatic nitrogens is 2. The molecule has 0 N–H and O–H groups in total. The molecule has 0 amide bonds. The molecule has 346 valence electrons. The highest BCUT2D eigenvalue weighted by molar-refractivity contribution is 5.64. The van der Waals surface area contributed by atoms with Crippen molar-refractivity contribution >= 4 is 0 Å².